The lowest BCUT2D eigenvalue weighted by atomic mass is 10.1. The van der Waals surface area contributed by atoms with E-state index in [9.17, 15) is 13.6 Å². The van der Waals surface area contributed by atoms with Crippen molar-refractivity contribution in [2.45, 2.75) is 12.5 Å². The standard InChI is InChI=1S/C18H14F2N2OS/c19-14-6-7-15(20)13(10-14)11-16(23)22-17(18-21-8-9-24-18)12-4-2-1-3-5-12/h1-10,17H,11H2,(H,22,23)/t17-/m1/s1. The largest absolute Gasteiger partial charge is 0.342 e. The molecular weight excluding hydrogens is 330 g/mol. The quantitative estimate of drug-likeness (QED) is 0.763. The second kappa shape index (κ2) is 7.31. The molecule has 3 rings (SSSR count). The molecule has 1 aromatic heterocycles. The molecule has 0 aliphatic rings. The van der Waals surface area contributed by atoms with Crippen LogP contribution in [0.1, 0.15) is 22.2 Å². The predicted octanol–water partition coefficient (Wildman–Crippen LogP) is 3.87. The molecule has 1 N–H and O–H groups in total. The summed E-state index contributed by atoms with van der Waals surface area (Å²) in [5.74, 6) is -1.57. The molecule has 1 heterocycles. The first-order valence-corrected chi connectivity index (χ1v) is 8.19. The van der Waals surface area contributed by atoms with Gasteiger partial charge in [0.05, 0.1) is 6.42 Å². The monoisotopic (exact) mass is 344 g/mol. The van der Waals surface area contributed by atoms with E-state index in [0.29, 0.717) is 0 Å². The highest BCUT2D eigenvalue weighted by Crippen LogP contribution is 2.24. The summed E-state index contributed by atoms with van der Waals surface area (Å²) in [4.78, 5) is 16.6. The van der Waals surface area contributed by atoms with Crippen LogP contribution < -0.4 is 5.32 Å². The minimum Gasteiger partial charge on any atom is -0.342 e. The molecule has 0 bridgehead atoms. The van der Waals surface area contributed by atoms with Gasteiger partial charge in [0, 0.05) is 17.1 Å². The molecule has 1 atom stereocenters. The zero-order valence-corrected chi connectivity index (χ0v) is 13.4. The lowest BCUT2D eigenvalue weighted by Gasteiger charge is -2.17. The van der Waals surface area contributed by atoms with Crippen molar-refractivity contribution in [3.8, 4) is 0 Å². The molecule has 0 fully saturated rings. The van der Waals surface area contributed by atoms with E-state index in [1.807, 2.05) is 35.7 Å². The molecule has 6 heteroatoms. The van der Waals surface area contributed by atoms with Crippen molar-refractivity contribution < 1.29 is 13.6 Å². The SMILES string of the molecule is O=C(Cc1cc(F)ccc1F)N[C@H](c1ccccc1)c1nccs1. The number of benzene rings is 2. The van der Waals surface area contributed by atoms with Gasteiger partial charge in [0.25, 0.3) is 0 Å². The summed E-state index contributed by atoms with van der Waals surface area (Å²) < 4.78 is 26.9. The summed E-state index contributed by atoms with van der Waals surface area (Å²) in [6, 6.07) is 12.1. The molecule has 0 radical (unpaired) electrons. The maximum absolute atomic E-state index is 13.7. The Morgan fingerprint density at radius 2 is 1.96 bits per heavy atom. The maximum Gasteiger partial charge on any atom is 0.225 e. The van der Waals surface area contributed by atoms with E-state index in [0.717, 1.165) is 28.8 Å². The summed E-state index contributed by atoms with van der Waals surface area (Å²) in [5, 5.41) is 5.40. The first-order chi connectivity index (χ1) is 11.6. The predicted molar refractivity (Wildman–Crippen MR) is 88.6 cm³/mol. The molecule has 3 nitrogen and oxygen atoms in total. The molecule has 0 aliphatic carbocycles. The van der Waals surface area contributed by atoms with Crippen molar-refractivity contribution >= 4 is 17.2 Å². The Morgan fingerprint density at radius 3 is 2.67 bits per heavy atom. The Hall–Kier alpha value is -2.60. The number of aromatic nitrogens is 1. The zero-order valence-electron chi connectivity index (χ0n) is 12.6. The van der Waals surface area contributed by atoms with Crippen LogP contribution in [0.15, 0.2) is 60.1 Å². The first kappa shape index (κ1) is 16.3. The lowest BCUT2D eigenvalue weighted by molar-refractivity contribution is -0.121. The van der Waals surface area contributed by atoms with Crippen LogP contribution in [0.25, 0.3) is 0 Å². The van der Waals surface area contributed by atoms with Gasteiger partial charge in [-0.1, -0.05) is 30.3 Å². The van der Waals surface area contributed by atoms with Crippen LogP contribution >= 0.6 is 11.3 Å². The second-order valence-corrected chi connectivity index (χ2v) is 6.12. The average Bonchev–Trinajstić information content (AvgIpc) is 3.11. The maximum atomic E-state index is 13.7. The molecule has 1 amide bonds. The summed E-state index contributed by atoms with van der Waals surface area (Å²) in [6.45, 7) is 0. The van der Waals surface area contributed by atoms with Gasteiger partial charge in [0.15, 0.2) is 0 Å². The number of thiazole rings is 1. The van der Waals surface area contributed by atoms with Crippen molar-refractivity contribution in [2.24, 2.45) is 0 Å². The average molecular weight is 344 g/mol. The fourth-order valence-electron chi connectivity index (χ4n) is 2.37. The van der Waals surface area contributed by atoms with Crippen LogP contribution in [0.5, 0.6) is 0 Å². The number of hydrogen-bond acceptors (Lipinski definition) is 3. The second-order valence-electron chi connectivity index (χ2n) is 5.19. The first-order valence-electron chi connectivity index (χ1n) is 7.31. The normalized spacial score (nSPS) is 11.9. The summed E-state index contributed by atoms with van der Waals surface area (Å²) in [5.41, 5.74) is 0.902. The van der Waals surface area contributed by atoms with Crippen LogP contribution in [0.2, 0.25) is 0 Å². The zero-order chi connectivity index (χ0) is 16.9. The number of carbonyl (C=O) groups is 1. The molecule has 3 aromatic rings. The smallest absolute Gasteiger partial charge is 0.225 e. The van der Waals surface area contributed by atoms with Gasteiger partial charge in [0.2, 0.25) is 5.91 Å². The van der Waals surface area contributed by atoms with Crippen molar-refractivity contribution in [1.29, 1.82) is 0 Å². The lowest BCUT2D eigenvalue weighted by Crippen LogP contribution is -2.30. The minimum absolute atomic E-state index is 0.0263. The van der Waals surface area contributed by atoms with Crippen molar-refractivity contribution in [3.63, 3.8) is 0 Å². The fraction of sp³-hybridized carbons (Fsp3) is 0.111. The van der Waals surface area contributed by atoms with Crippen LogP contribution in [0.3, 0.4) is 0 Å². The number of nitrogens with zero attached hydrogens (tertiary/aromatic N) is 1. The Kier molecular flexibility index (Phi) is 4.96. The number of rotatable bonds is 5. The van der Waals surface area contributed by atoms with E-state index in [1.165, 1.54) is 11.3 Å². The fourth-order valence-corrected chi connectivity index (χ4v) is 3.09. The van der Waals surface area contributed by atoms with E-state index < -0.39 is 23.6 Å². The third kappa shape index (κ3) is 3.83. The summed E-state index contributed by atoms with van der Waals surface area (Å²) in [6.07, 6.45) is 1.42. The molecule has 0 saturated heterocycles. The van der Waals surface area contributed by atoms with E-state index in [2.05, 4.69) is 10.3 Å². The highest BCUT2D eigenvalue weighted by Gasteiger charge is 2.20. The highest BCUT2D eigenvalue weighted by molar-refractivity contribution is 7.09. The molecule has 0 unspecified atom stereocenters. The Labute approximate surface area is 142 Å². The molecule has 24 heavy (non-hydrogen) atoms. The third-order valence-electron chi connectivity index (χ3n) is 3.50. The van der Waals surface area contributed by atoms with Gasteiger partial charge in [-0.15, -0.1) is 11.3 Å². The van der Waals surface area contributed by atoms with Gasteiger partial charge < -0.3 is 5.32 Å². The van der Waals surface area contributed by atoms with E-state index in [-0.39, 0.29) is 12.0 Å². The third-order valence-corrected chi connectivity index (χ3v) is 4.34. The summed E-state index contributed by atoms with van der Waals surface area (Å²) in [7, 11) is 0. The topological polar surface area (TPSA) is 42.0 Å². The van der Waals surface area contributed by atoms with Gasteiger partial charge in [-0.25, -0.2) is 13.8 Å². The van der Waals surface area contributed by atoms with Gasteiger partial charge in [0.1, 0.15) is 22.7 Å². The van der Waals surface area contributed by atoms with E-state index in [4.69, 9.17) is 0 Å². The minimum atomic E-state index is -0.600. The highest BCUT2D eigenvalue weighted by atomic mass is 32.1. The van der Waals surface area contributed by atoms with Crippen LogP contribution in [-0.2, 0) is 11.2 Å². The van der Waals surface area contributed by atoms with Gasteiger partial charge in [-0.2, -0.15) is 0 Å². The number of halogens is 2. The van der Waals surface area contributed by atoms with Crippen LogP contribution in [0, 0.1) is 11.6 Å². The van der Waals surface area contributed by atoms with Crippen LogP contribution in [0.4, 0.5) is 8.78 Å². The molecule has 122 valence electrons. The van der Waals surface area contributed by atoms with Gasteiger partial charge >= 0.3 is 0 Å². The molecule has 0 saturated carbocycles. The Morgan fingerprint density at radius 1 is 1.17 bits per heavy atom. The van der Waals surface area contributed by atoms with Crippen molar-refractivity contribution in [1.82, 2.24) is 10.3 Å². The molecular formula is C18H14F2N2OS. The van der Waals surface area contributed by atoms with Gasteiger partial charge in [-0.05, 0) is 23.8 Å². The van der Waals surface area contributed by atoms with Crippen LogP contribution in [-0.4, -0.2) is 10.9 Å². The molecule has 0 spiro atoms. The van der Waals surface area contributed by atoms with Crippen molar-refractivity contribution in [2.75, 3.05) is 0 Å². The summed E-state index contributed by atoms with van der Waals surface area (Å²) >= 11 is 1.42. The van der Waals surface area contributed by atoms with E-state index >= 15 is 0 Å². The van der Waals surface area contributed by atoms with Gasteiger partial charge in [-0.3, -0.25) is 4.79 Å². The van der Waals surface area contributed by atoms with E-state index in [1.54, 1.807) is 6.20 Å². The van der Waals surface area contributed by atoms with Crippen molar-refractivity contribution in [3.05, 3.63) is 87.9 Å². The molecule has 0 aliphatic heterocycles. The number of carbonyl (C=O) groups excluding carboxylic acids is 1. The number of amides is 1. The Bertz CT molecular complexity index is 822. The Balaban J connectivity index is 1.80. The number of hydrogen-bond donors (Lipinski definition) is 1. The molecule has 2 aromatic carbocycles. The number of nitrogens with one attached hydrogen (secondary N) is 1.